The molecule has 2 unspecified atom stereocenters. The van der Waals surface area contributed by atoms with Gasteiger partial charge in [0.25, 0.3) is 0 Å². The van der Waals surface area contributed by atoms with E-state index in [2.05, 4.69) is 29.2 Å². The number of β-amino-alcohol motifs (C(OH)–C–C–N with tert-alkyl or cyclic N) is 1. The van der Waals surface area contributed by atoms with Crippen LogP contribution in [0.5, 0.6) is 0 Å². The molecule has 0 aliphatic carbocycles. The minimum absolute atomic E-state index is 0.420. The molecule has 112 valence electrons. The summed E-state index contributed by atoms with van der Waals surface area (Å²) in [6.45, 7) is 3.61. The summed E-state index contributed by atoms with van der Waals surface area (Å²) >= 11 is 0. The maximum Gasteiger partial charge on any atom is 0.0917 e. The highest BCUT2D eigenvalue weighted by Gasteiger charge is 2.24. The largest absolute Gasteiger partial charge is 0.387 e. The molecule has 1 fully saturated rings. The third kappa shape index (κ3) is 3.43. The van der Waals surface area contributed by atoms with E-state index in [0.717, 1.165) is 31.7 Å². The van der Waals surface area contributed by atoms with Crippen LogP contribution in [0.3, 0.4) is 0 Å². The summed E-state index contributed by atoms with van der Waals surface area (Å²) in [4.78, 5) is 2.34. The summed E-state index contributed by atoms with van der Waals surface area (Å²) < 4.78 is 5.22. The predicted octanol–water partition coefficient (Wildman–Crippen LogP) is 2.84. The molecular formula is C18H23NO2. The molecule has 2 aromatic carbocycles. The van der Waals surface area contributed by atoms with Crippen molar-refractivity contribution in [3.63, 3.8) is 0 Å². The quantitative estimate of drug-likeness (QED) is 0.917. The lowest BCUT2D eigenvalue weighted by Gasteiger charge is -2.20. The molecule has 0 radical (unpaired) electrons. The van der Waals surface area contributed by atoms with Crippen molar-refractivity contribution in [3.05, 3.63) is 48.0 Å². The summed E-state index contributed by atoms with van der Waals surface area (Å²) in [6, 6.07) is 14.5. The SMILES string of the molecule is COCC1CCN(CC(O)c2ccc3ccccc3c2)C1. The van der Waals surface area contributed by atoms with Gasteiger partial charge in [0.1, 0.15) is 0 Å². The highest BCUT2D eigenvalue weighted by molar-refractivity contribution is 5.83. The highest BCUT2D eigenvalue weighted by Crippen LogP contribution is 2.23. The second-order valence-corrected chi connectivity index (χ2v) is 5.99. The standard InChI is InChI=1S/C18H23NO2/c1-21-13-14-8-9-19(11-14)12-18(20)17-7-6-15-4-2-3-5-16(15)10-17/h2-7,10,14,18,20H,8-9,11-13H2,1H3. The molecule has 1 aliphatic rings. The molecule has 0 aromatic heterocycles. The molecule has 0 saturated carbocycles. The van der Waals surface area contributed by atoms with Gasteiger partial charge in [0.2, 0.25) is 0 Å². The molecule has 2 atom stereocenters. The smallest absolute Gasteiger partial charge is 0.0917 e. The average Bonchev–Trinajstić information content (AvgIpc) is 2.94. The van der Waals surface area contributed by atoms with Gasteiger partial charge >= 0.3 is 0 Å². The maximum atomic E-state index is 10.5. The Labute approximate surface area is 126 Å². The van der Waals surface area contributed by atoms with Gasteiger partial charge in [0, 0.05) is 20.2 Å². The number of hydrogen-bond acceptors (Lipinski definition) is 3. The van der Waals surface area contributed by atoms with Crippen LogP contribution in [0.15, 0.2) is 42.5 Å². The first-order chi connectivity index (χ1) is 10.3. The van der Waals surface area contributed by atoms with Gasteiger partial charge < -0.3 is 14.7 Å². The van der Waals surface area contributed by atoms with Gasteiger partial charge in [-0.3, -0.25) is 0 Å². The number of fused-ring (bicyclic) bond motifs is 1. The molecule has 3 rings (SSSR count). The molecule has 0 bridgehead atoms. The Morgan fingerprint density at radius 3 is 2.86 bits per heavy atom. The highest BCUT2D eigenvalue weighted by atomic mass is 16.5. The van der Waals surface area contributed by atoms with Crippen LogP contribution in [0.25, 0.3) is 10.8 Å². The fourth-order valence-corrected chi connectivity index (χ4v) is 3.22. The van der Waals surface area contributed by atoms with Crippen molar-refractivity contribution in [2.24, 2.45) is 5.92 Å². The molecule has 1 aliphatic heterocycles. The van der Waals surface area contributed by atoms with Crippen molar-refractivity contribution >= 4 is 10.8 Å². The van der Waals surface area contributed by atoms with Crippen molar-refractivity contribution < 1.29 is 9.84 Å². The van der Waals surface area contributed by atoms with E-state index in [-0.39, 0.29) is 0 Å². The molecule has 0 spiro atoms. The van der Waals surface area contributed by atoms with E-state index in [1.54, 1.807) is 7.11 Å². The van der Waals surface area contributed by atoms with Crippen LogP contribution in [0.1, 0.15) is 18.1 Å². The van der Waals surface area contributed by atoms with Gasteiger partial charge in [0.05, 0.1) is 12.7 Å². The third-order valence-corrected chi connectivity index (χ3v) is 4.36. The van der Waals surface area contributed by atoms with Gasteiger partial charge in [-0.1, -0.05) is 36.4 Å². The van der Waals surface area contributed by atoms with Gasteiger partial charge in [-0.15, -0.1) is 0 Å². The first kappa shape index (κ1) is 14.5. The number of likely N-dealkylation sites (tertiary alicyclic amines) is 1. The molecular weight excluding hydrogens is 262 g/mol. The topological polar surface area (TPSA) is 32.7 Å². The van der Waals surface area contributed by atoms with E-state index in [0.29, 0.717) is 12.5 Å². The summed E-state index contributed by atoms with van der Waals surface area (Å²) in [5.41, 5.74) is 1.00. The third-order valence-electron chi connectivity index (χ3n) is 4.36. The first-order valence-electron chi connectivity index (χ1n) is 7.64. The van der Waals surface area contributed by atoms with Crippen LogP contribution in [-0.2, 0) is 4.74 Å². The lowest BCUT2D eigenvalue weighted by atomic mass is 10.0. The Balaban J connectivity index is 1.65. The summed E-state index contributed by atoms with van der Waals surface area (Å²) in [5, 5.41) is 12.9. The van der Waals surface area contributed by atoms with Gasteiger partial charge in [-0.2, -0.15) is 0 Å². The van der Waals surface area contributed by atoms with E-state index < -0.39 is 6.10 Å². The fourth-order valence-electron chi connectivity index (χ4n) is 3.22. The van der Waals surface area contributed by atoms with E-state index in [1.165, 1.54) is 10.8 Å². The number of ether oxygens (including phenoxy) is 1. The number of benzene rings is 2. The van der Waals surface area contributed by atoms with Crippen molar-refractivity contribution in [1.29, 1.82) is 0 Å². The second kappa shape index (κ2) is 6.56. The molecule has 21 heavy (non-hydrogen) atoms. The van der Waals surface area contributed by atoms with Crippen LogP contribution in [0, 0.1) is 5.92 Å². The van der Waals surface area contributed by atoms with Crippen molar-refractivity contribution in [2.75, 3.05) is 33.4 Å². The van der Waals surface area contributed by atoms with Crippen molar-refractivity contribution in [1.82, 2.24) is 4.90 Å². The number of methoxy groups -OCH3 is 1. The molecule has 1 N–H and O–H groups in total. The number of aliphatic hydroxyl groups excluding tert-OH is 1. The lowest BCUT2D eigenvalue weighted by molar-refractivity contribution is 0.115. The number of nitrogens with zero attached hydrogens (tertiary/aromatic N) is 1. The van der Waals surface area contributed by atoms with Crippen molar-refractivity contribution in [3.8, 4) is 0 Å². The Morgan fingerprint density at radius 2 is 2.05 bits per heavy atom. The Bertz CT molecular complexity index is 599. The van der Waals surface area contributed by atoms with E-state index in [9.17, 15) is 5.11 Å². The van der Waals surface area contributed by atoms with Crippen LogP contribution in [0.4, 0.5) is 0 Å². The number of aliphatic hydroxyl groups is 1. The Hall–Kier alpha value is -1.42. The minimum Gasteiger partial charge on any atom is -0.387 e. The molecule has 0 amide bonds. The number of rotatable bonds is 5. The fraction of sp³-hybridized carbons (Fsp3) is 0.444. The Kier molecular flexibility index (Phi) is 4.54. The minimum atomic E-state index is -0.420. The zero-order chi connectivity index (χ0) is 14.7. The second-order valence-electron chi connectivity index (χ2n) is 5.99. The average molecular weight is 285 g/mol. The monoisotopic (exact) mass is 285 g/mol. The van der Waals surface area contributed by atoms with Gasteiger partial charge in [-0.05, 0) is 41.3 Å². The van der Waals surface area contributed by atoms with Gasteiger partial charge in [0.15, 0.2) is 0 Å². The van der Waals surface area contributed by atoms with Crippen LogP contribution in [-0.4, -0.2) is 43.4 Å². The zero-order valence-electron chi connectivity index (χ0n) is 12.5. The zero-order valence-corrected chi connectivity index (χ0v) is 12.5. The molecule has 1 saturated heterocycles. The first-order valence-corrected chi connectivity index (χ1v) is 7.64. The lowest BCUT2D eigenvalue weighted by Crippen LogP contribution is -2.27. The van der Waals surface area contributed by atoms with E-state index in [4.69, 9.17) is 4.74 Å². The van der Waals surface area contributed by atoms with Crippen LogP contribution >= 0.6 is 0 Å². The Morgan fingerprint density at radius 1 is 1.24 bits per heavy atom. The summed E-state index contributed by atoms with van der Waals surface area (Å²) in [7, 11) is 1.76. The van der Waals surface area contributed by atoms with Gasteiger partial charge in [-0.25, -0.2) is 0 Å². The molecule has 2 aromatic rings. The normalized spacial score (nSPS) is 21.0. The summed E-state index contributed by atoms with van der Waals surface area (Å²) in [5.74, 6) is 0.610. The molecule has 3 heteroatoms. The van der Waals surface area contributed by atoms with E-state index >= 15 is 0 Å². The summed E-state index contributed by atoms with van der Waals surface area (Å²) in [6.07, 6.45) is 0.744. The maximum absolute atomic E-state index is 10.5. The van der Waals surface area contributed by atoms with Crippen LogP contribution in [0.2, 0.25) is 0 Å². The number of hydrogen-bond donors (Lipinski definition) is 1. The van der Waals surface area contributed by atoms with E-state index in [1.807, 2.05) is 18.2 Å². The molecule has 3 nitrogen and oxygen atoms in total. The molecule has 1 heterocycles. The van der Waals surface area contributed by atoms with Crippen LogP contribution < -0.4 is 0 Å². The van der Waals surface area contributed by atoms with Crippen molar-refractivity contribution in [2.45, 2.75) is 12.5 Å². The predicted molar refractivity (Wildman–Crippen MR) is 85.3 cm³/mol.